The summed E-state index contributed by atoms with van der Waals surface area (Å²) in [5.41, 5.74) is 4.10. The molecule has 2 aliphatic rings. The Morgan fingerprint density at radius 2 is 2.57 bits per heavy atom. The quantitative estimate of drug-likeness (QED) is 0.667. The van der Waals surface area contributed by atoms with E-state index in [1.165, 1.54) is 25.0 Å². The molecule has 2 unspecified atom stereocenters. The van der Waals surface area contributed by atoms with Gasteiger partial charge in [0, 0.05) is 11.1 Å². The number of hydrazone groups is 1. The van der Waals surface area contributed by atoms with E-state index in [4.69, 9.17) is 5.11 Å². The van der Waals surface area contributed by atoms with E-state index in [1.54, 1.807) is 0 Å². The minimum Gasteiger partial charge on any atom is -0.480 e. The molecule has 2 rings (SSSR count). The van der Waals surface area contributed by atoms with Gasteiger partial charge in [-0.05, 0) is 31.6 Å². The van der Waals surface area contributed by atoms with Gasteiger partial charge in [0.2, 0.25) is 0 Å². The maximum absolute atomic E-state index is 10.3. The second-order valence-electron chi connectivity index (χ2n) is 4.50. The van der Waals surface area contributed by atoms with E-state index in [9.17, 15) is 4.79 Å². The Hall–Kier alpha value is -1.06. The van der Waals surface area contributed by atoms with Crippen LogP contribution in [-0.4, -0.2) is 23.3 Å². The molecule has 0 bridgehead atoms. The van der Waals surface area contributed by atoms with Crippen molar-refractivity contribution in [1.29, 1.82) is 0 Å². The van der Waals surface area contributed by atoms with Crippen molar-refractivity contribution in [3.8, 4) is 0 Å². The van der Waals surface area contributed by atoms with Gasteiger partial charge in [0.05, 0.1) is 0 Å². The molecule has 2 aliphatic carbocycles. The number of nitrogens with zero attached hydrogens (tertiary/aromatic N) is 1. The van der Waals surface area contributed by atoms with Gasteiger partial charge in [0.15, 0.2) is 0 Å². The molecule has 2 saturated carbocycles. The predicted molar refractivity (Wildman–Crippen MR) is 53.1 cm³/mol. The molecule has 0 aromatic heterocycles. The molecule has 0 radical (unpaired) electrons. The molecule has 2 N–H and O–H groups in total. The standard InChI is InChI=1S/C10H16N2O2/c1-10-5-7(10)3-2-4-8(10)12-11-6-9(13)14/h7,11H,2-6H2,1H3,(H,13,14)/b12-8+. The summed E-state index contributed by atoms with van der Waals surface area (Å²) < 4.78 is 0. The smallest absolute Gasteiger partial charge is 0.324 e. The highest BCUT2D eigenvalue weighted by Gasteiger charge is 2.55. The highest BCUT2D eigenvalue weighted by Crippen LogP contribution is 2.59. The molecule has 78 valence electrons. The molecule has 0 saturated heterocycles. The van der Waals surface area contributed by atoms with E-state index < -0.39 is 5.97 Å². The van der Waals surface area contributed by atoms with Crippen LogP contribution >= 0.6 is 0 Å². The minimum atomic E-state index is -0.859. The molecule has 0 aliphatic heterocycles. The van der Waals surface area contributed by atoms with Crippen LogP contribution in [0.5, 0.6) is 0 Å². The highest BCUT2D eigenvalue weighted by atomic mass is 16.4. The highest BCUT2D eigenvalue weighted by molar-refractivity contribution is 5.93. The summed E-state index contributed by atoms with van der Waals surface area (Å²) in [5, 5.41) is 12.7. The zero-order valence-electron chi connectivity index (χ0n) is 8.42. The van der Waals surface area contributed by atoms with Crippen LogP contribution in [-0.2, 0) is 4.79 Å². The van der Waals surface area contributed by atoms with Crippen LogP contribution in [0.4, 0.5) is 0 Å². The number of carboxylic acid groups (broad SMARTS) is 1. The van der Waals surface area contributed by atoms with Gasteiger partial charge in [0.1, 0.15) is 6.54 Å². The molecule has 4 heteroatoms. The van der Waals surface area contributed by atoms with Gasteiger partial charge in [0.25, 0.3) is 0 Å². The number of nitrogens with one attached hydrogen (secondary N) is 1. The van der Waals surface area contributed by atoms with Gasteiger partial charge in [-0.2, -0.15) is 5.10 Å². The normalized spacial score (nSPS) is 37.8. The SMILES string of the molecule is CC12CC1CCC/C2=N\NCC(=O)O. The van der Waals surface area contributed by atoms with Gasteiger partial charge in [-0.25, -0.2) is 0 Å². The Bertz CT molecular complexity index is 288. The summed E-state index contributed by atoms with van der Waals surface area (Å²) in [6, 6.07) is 0. The van der Waals surface area contributed by atoms with Crippen LogP contribution in [0.3, 0.4) is 0 Å². The van der Waals surface area contributed by atoms with E-state index in [1.807, 2.05) is 0 Å². The first-order valence-corrected chi connectivity index (χ1v) is 5.14. The molecule has 0 heterocycles. The lowest BCUT2D eigenvalue weighted by Gasteiger charge is -2.19. The molecule has 0 amide bonds. The van der Waals surface area contributed by atoms with Gasteiger partial charge < -0.3 is 5.11 Å². The van der Waals surface area contributed by atoms with Crippen molar-refractivity contribution in [2.75, 3.05) is 6.54 Å². The topological polar surface area (TPSA) is 61.7 Å². The van der Waals surface area contributed by atoms with Gasteiger partial charge in [-0.3, -0.25) is 10.2 Å². The average Bonchev–Trinajstić information content (AvgIpc) is 2.77. The molecule has 14 heavy (non-hydrogen) atoms. The lowest BCUT2D eigenvalue weighted by Crippen LogP contribution is -2.25. The van der Waals surface area contributed by atoms with Gasteiger partial charge in [-0.1, -0.05) is 6.92 Å². The Morgan fingerprint density at radius 1 is 1.79 bits per heavy atom. The molecule has 0 aromatic carbocycles. The van der Waals surface area contributed by atoms with Crippen molar-refractivity contribution < 1.29 is 9.90 Å². The number of hydrogen-bond acceptors (Lipinski definition) is 3. The van der Waals surface area contributed by atoms with Crippen LogP contribution in [0, 0.1) is 11.3 Å². The first-order valence-electron chi connectivity index (χ1n) is 5.14. The van der Waals surface area contributed by atoms with Crippen molar-refractivity contribution in [3.05, 3.63) is 0 Å². The van der Waals surface area contributed by atoms with E-state index in [0.717, 1.165) is 12.3 Å². The fourth-order valence-corrected chi connectivity index (χ4v) is 2.41. The maximum Gasteiger partial charge on any atom is 0.324 e. The molecule has 0 aromatic rings. The Balaban J connectivity index is 1.93. The third kappa shape index (κ3) is 1.61. The Kier molecular flexibility index (Phi) is 2.21. The van der Waals surface area contributed by atoms with E-state index in [2.05, 4.69) is 17.5 Å². The average molecular weight is 196 g/mol. The van der Waals surface area contributed by atoms with Crippen LogP contribution in [0.25, 0.3) is 0 Å². The monoisotopic (exact) mass is 196 g/mol. The van der Waals surface area contributed by atoms with Crippen LogP contribution in [0.2, 0.25) is 0 Å². The number of carbonyl (C=O) groups is 1. The van der Waals surface area contributed by atoms with Crippen molar-refractivity contribution in [2.24, 2.45) is 16.4 Å². The summed E-state index contributed by atoms with van der Waals surface area (Å²) in [6.07, 6.45) is 4.78. The molecular weight excluding hydrogens is 180 g/mol. The number of carboxylic acids is 1. The van der Waals surface area contributed by atoms with E-state index >= 15 is 0 Å². The predicted octanol–water partition coefficient (Wildman–Crippen LogP) is 1.23. The number of aliphatic carboxylic acids is 1. The number of rotatable bonds is 3. The van der Waals surface area contributed by atoms with Crippen LogP contribution in [0.15, 0.2) is 5.10 Å². The Labute approximate surface area is 83.4 Å². The molecular formula is C10H16N2O2. The summed E-state index contributed by atoms with van der Waals surface area (Å²) in [7, 11) is 0. The minimum absolute atomic E-state index is 0.0791. The van der Waals surface area contributed by atoms with Crippen LogP contribution < -0.4 is 5.43 Å². The second-order valence-corrected chi connectivity index (χ2v) is 4.50. The fraction of sp³-hybridized carbons (Fsp3) is 0.800. The molecule has 0 spiro atoms. The lowest BCUT2D eigenvalue weighted by molar-refractivity contribution is -0.135. The zero-order valence-corrected chi connectivity index (χ0v) is 8.42. The maximum atomic E-state index is 10.3. The van der Waals surface area contributed by atoms with E-state index in [-0.39, 0.29) is 6.54 Å². The summed E-state index contributed by atoms with van der Waals surface area (Å²) >= 11 is 0. The molecule has 2 atom stereocenters. The fourth-order valence-electron chi connectivity index (χ4n) is 2.41. The van der Waals surface area contributed by atoms with Crippen molar-refractivity contribution >= 4 is 11.7 Å². The summed E-state index contributed by atoms with van der Waals surface area (Å²) in [6.45, 7) is 2.16. The number of fused-ring (bicyclic) bond motifs is 1. The second kappa shape index (κ2) is 3.26. The largest absolute Gasteiger partial charge is 0.480 e. The first kappa shape index (κ1) is 9.49. The molecule has 2 fully saturated rings. The van der Waals surface area contributed by atoms with Crippen molar-refractivity contribution in [2.45, 2.75) is 32.6 Å². The van der Waals surface area contributed by atoms with Crippen LogP contribution in [0.1, 0.15) is 32.6 Å². The van der Waals surface area contributed by atoms with Gasteiger partial charge in [-0.15, -0.1) is 0 Å². The lowest BCUT2D eigenvalue weighted by atomic mass is 9.88. The third-order valence-corrected chi connectivity index (χ3v) is 3.48. The summed E-state index contributed by atoms with van der Waals surface area (Å²) in [5.74, 6) is -0.0516. The third-order valence-electron chi connectivity index (χ3n) is 3.48. The Morgan fingerprint density at radius 3 is 3.29 bits per heavy atom. The van der Waals surface area contributed by atoms with Gasteiger partial charge >= 0.3 is 5.97 Å². The number of hydrogen-bond donors (Lipinski definition) is 2. The van der Waals surface area contributed by atoms with E-state index in [0.29, 0.717) is 5.41 Å². The van der Waals surface area contributed by atoms with Crippen molar-refractivity contribution in [3.63, 3.8) is 0 Å². The van der Waals surface area contributed by atoms with Crippen molar-refractivity contribution in [1.82, 2.24) is 5.43 Å². The molecule has 4 nitrogen and oxygen atoms in total. The summed E-state index contributed by atoms with van der Waals surface area (Å²) in [4.78, 5) is 10.3. The first-order chi connectivity index (χ1) is 6.63. The zero-order chi connectivity index (χ0) is 10.2.